The molecule has 0 aliphatic heterocycles. The highest BCUT2D eigenvalue weighted by molar-refractivity contribution is 9.09. The average Bonchev–Trinajstić information content (AvgIpc) is 2.07. The molecule has 0 amide bonds. The SMILES string of the molecule is CC(Br)CCc1ccc(F)c(Cl)c1. The van der Waals surface area contributed by atoms with E-state index in [4.69, 9.17) is 11.6 Å². The second kappa shape index (κ2) is 4.97. The highest BCUT2D eigenvalue weighted by atomic mass is 79.9. The average molecular weight is 266 g/mol. The molecule has 0 nitrogen and oxygen atoms in total. The van der Waals surface area contributed by atoms with Crippen LogP contribution in [0.15, 0.2) is 18.2 Å². The Labute approximate surface area is 91.2 Å². The summed E-state index contributed by atoms with van der Waals surface area (Å²) in [5.41, 5.74) is 1.08. The van der Waals surface area contributed by atoms with Crippen molar-refractivity contribution < 1.29 is 4.39 Å². The third-order valence-corrected chi connectivity index (χ3v) is 2.56. The van der Waals surface area contributed by atoms with Gasteiger partial charge in [0.2, 0.25) is 0 Å². The summed E-state index contributed by atoms with van der Waals surface area (Å²) < 4.78 is 12.8. The fourth-order valence-electron chi connectivity index (χ4n) is 1.06. The smallest absolute Gasteiger partial charge is 0.141 e. The zero-order chi connectivity index (χ0) is 9.84. The summed E-state index contributed by atoms with van der Waals surface area (Å²) >= 11 is 9.10. The zero-order valence-electron chi connectivity index (χ0n) is 7.36. The number of benzene rings is 1. The van der Waals surface area contributed by atoms with Crippen LogP contribution in [0.25, 0.3) is 0 Å². The molecule has 0 spiro atoms. The van der Waals surface area contributed by atoms with Crippen LogP contribution in [0, 0.1) is 5.82 Å². The van der Waals surface area contributed by atoms with Gasteiger partial charge in [-0.1, -0.05) is 40.5 Å². The molecule has 1 aromatic carbocycles. The van der Waals surface area contributed by atoms with Crippen LogP contribution in [0.4, 0.5) is 4.39 Å². The Bertz CT molecular complexity index is 286. The van der Waals surface area contributed by atoms with E-state index in [-0.39, 0.29) is 10.8 Å². The molecule has 0 heterocycles. The first-order valence-electron chi connectivity index (χ1n) is 4.17. The molecule has 0 aliphatic carbocycles. The van der Waals surface area contributed by atoms with Crippen LogP contribution in [-0.2, 0) is 6.42 Å². The lowest BCUT2D eigenvalue weighted by atomic mass is 10.1. The van der Waals surface area contributed by atoms with Crippen molar-refractivity contribution in [2.45, 2.75) is 24.6 Å². The predicted octanol–water partition coefficient (Wildman–Crippen LogP) is 4.20. The molecule has 0 aliphatic rings. The van der Waals surface area contributed by atoms with Crippen molar-refractivity contribution in [3.05, 3.63) is 34.6 Å². The summed E-state index contributed by atoms with van der Waals surface area (Å²) in [6, 6.07) is 4.87. The summed E-state index contributed by atoms with van der Waals surface area (Å²) in [7, 11) is 0. The van der Waals surface area contributed by atoms with E-state index in [0.29, 0.717) is 4.83 Å². The minimum absolute atomic E-state index is 0.208. The number of halogens is 3. The molecule has 1 unspecified atom stereocenters. The van der Waals surface area contributed by atoms with Crippen LogP contribution >= 0.6 is 27.5 Å². The Balaban J connectivity index is 2.63. The lowest BCUT2D eigenvalue weighted by Gasteiger charge is -2.04. The molecule has 72 valence electrons. The molecule has 0 N–H and O–H groups in total. The van der Waals surface area contributed by atoms with E-state index >= 15 is 0 Å². The lowest BCUT2D eigenvalue weighted by Crippen LogP contribution is -1.94. The second-order valence-corrected chi connectivity index (χ2v) is 5.04. The third-order valence-electron chi connectivity index (χ3n) is 1.81. The number of alkyl halides is 1. The van der Waals surface area contributed by atoms with Gasteiger partial charge in [-0.2, -0.15) is 0 Å². The minimum atomic E-state index is -0.350. The van der Waals surface area contributed by atoms with Crippen molar-refractivity contribution in [1.29, 1.82) is 0 Å². The van der Waals surface area contributed by atoms with E-state index in [1.165, 1.54) is 6.07 Å². The Morgan fingerprint density at radius 3 is 2.77 bits per heavy atom. The molecular weight excluding hydrogens is 254 g/mol. The molecule has 3 heteroatoms. The van der Waals surface area contributed by atoms with Gasteiger partial charge in [-0.05, 0) is 30.5 Å². The van der Waals surface area contributed by atoms with Crippen molar-refractivity contribution in [2.24, 2.45) is 0 Å². The van der Waals surface area contributed by atoms with Crippen molar-refractivity contribution >= 4 is 27.5 Å². The highest BCUT2D eigenvalue weighted by Gasteiger charge is 2.02. The van der Waals surface area contributed by atoms with Crippen molar-refractivity contribution in [2.75, 3.05) is 0 Å². The maximum absolute atomic E-state index is 12.8. The number of hydrogen-bond donors (Lipinski definition) is 0. The third kappa shape index (κ3) is 3.65. The molecule has 0 saturated heterocycles. The van der Waals surface area contributed by atoms with Crippen molar-refractivity contribution in [3.63, 3.8) is 0 Å². The van der Waals surface area contributed by atoms with Crippen LogP contribution in [0.2, 0.25) is 5.02 Å². The van der Waals surface area contributed by atoms with Crippen molar-refractivity contribution in [3.8, 4) is 0 Å². The summed E-state index contributed by atoms with van der Waals surface area (Å²) in [6.07, 6.45) is 1.95. The molecule has 0 saturated carbocycles. The zero-order valence-corrected chi connectivity index (χ0v) is 9.70. The first kappa shape index (κ1) is 11.0. The van der Waals surface area contributed by atoms with Gasteiger partial charge < -0.3 is 0 Å². The summed E-state index contributed by atoms with van der Waals surface area (Å²) in [5.74, 6) is -0.350. The van der Waals surface area contributed by atoms with Gasteiger partial charge in [0.25, 0.3) is 0 Å². The quantitative estimate of drug-likeness (QED) is 0.719. The van der Waals surface area contributed by atoms with E-state index in [9.17, 15) is 4.39 Å². The topological polar surface area (TPSA) is 0 Å². The lowest BCUT2D eigenvalue weighted by molar-refractivity contribution is 0.627. The second-order valence-electron chi connectivity index (χ2n) is 3.07. The number of rotatable bonds is 3. The Morgan fingerprint density at radius 1 is 1.54 bits per heavy atom. The predicted molar refractivity (Wildman–Crippen MR) is 58.1 cm³/mol. The fraction of sp³-hybridized carbons (Fsp3) is 0.400. The van der Waals surface area contributed by atoms with Gasteiger partial charge in [0, 0.05) is 4.83 Å². The monoisotopic (exact) mass is 264 g/mol. The number of hydrogen-bond acceptors (Lipinski definition) is 0. The molecule has 0 radical (unpaired) electrons. The summed E-state index contributed by atoms with van der Waals surface area (Å²) in [5, 5.41) is 0.208. The fourth-order valence-corrected chi connectivity index (χ4v) is 1.49. The molecule has 1 rings (SSSR count). The van der Waals surface area contributed by atoms with Gasteiger partial charge in [0.1, 0.15) is 5.82 Å². The van der Waals surface area contributed by atoms with Crippen LogP contribution in [0.1, 0.15) is 18.9 Å². The van der Waals surface area contributed by atoms with E-state index in [0.717, 1.165) is 18.4 Å². The molecule has 0 bridgehead atoms. The summed E-state index contributed by atoms with van der Waals surface area (Å²) in [6.45, 7) is 2.09. The molecule has 1 atom stereocenters. The maximum Gasteiger partial charge on any atom is 0.141 e. The Kier molecular flexibility index (Phi) is 4.20. The first-order valence-corrected chi connectivity index (χ1v) is 5.47. The van der Waals surface area contributed by atoms with Crippen LogP contribution in [0.3, 0.4) is 0 Å². The van der Waals surface area contributed by atoms with E-state index in [2.05, 4.69) is 22.9 Å². The Morgan fingerprint density at radius 2 is 2.23 bits per heavy atom. The van der Waals surface area contributed by atoms with Gasteiger partial charge in [-0.25, -0.2) is 4.39 Å². The van der Waals surface area contributed by atoms with Gasteiger partial charge in [0.15, 0.2) is 0 Å². The van der Waals surface area contributed by atoms with Crippen molar-refractivity contribution in [1.82, 2.24) is 0 Å². The molecular formula is C10H11BrClF. The van der Waals surface area contributed by atoms with Crippen LogP contribution < -0.4 is 0 Å². The standard InChI is InChI=1S/C10H11BrClF/c1-7(11)2-3-8-4-5-10(13)9(12)6-8/h4-7H,2-3H2,1H3. The minimum Gasteiger partial charge on any atom is -0.205 e. The molecule has 0 fully saturated rings. The van der Waals surface area contributed by atoms with E-state index < -0.39 is 0 Å². The number of aryl methyl sites for hydroxylation is 1. The molecule has 13 heavy (non-hydrogen) atoms. The van der Waals surface area contributed by atoms with Gasteiger partial charge >= 0.3 is 0 Å². The van der Waals surface area contributed by atoms with Gasteiger partial charge in [-0.3, -0.25) is 0 Å². The Hall–Kier alpha value is -0.0800. The highest BCUT2D eigenvalue weighted by Crippen LogP contribution is 2.18. The molecule has 0 aromatic heterocycles. The summed E-state index contributed by atoms with van der Waals surface area (Å²) in [4.78, 5) is 0.483. The first-order chi connectivity index (χ1) is 6.09. The van der Waals surface area contributed by atoms with Gasteiger partial charge in [0.05, 0.1) is 5.02 Å². The largest absolute Gasteiger partial charge is 0.205 e. The normalized spacial score (nSPS) is 12.9. The molecule has 1 aromatic rings. The van der Waals surface area contributed by atoms with Gasteiger partial charge in [-0.15, -0.1) is 0 Å². The maximum atomic E-state index is 12.8. The van der Waals surface area contributed by atoms with E-state index in [1.54, 1.807) is 12.1 Å². The van der Waals surface area contributed by atoms with Crippen LogP contribution in [0.5, 0.6) is 0 Å². The van der Waals surface area contributed by atoms with E-state index in [1.807, 2.05) is 0 Å². The van der Waals surface area contributed by atoms with Crippen LogP contribution in [-0.4, -0.2) is 4.83 Å².